The molecule has 22 heavy (non-hydrogen) atoms. The molecule has 5 nitrogen and oxygen atoms in total. The Morgan fingerprint density at radius 3 is 2.73 bits per heavy atom. The zero-order valence-corrected chi connectivity index (χ0v) is 13.1. The summed E-state index contributed by atoms with van der Waals surface area (Å²) in [5.74, 6) is 2.27. The molecule has 1 aliphatic heterocycles. The maximum Gasteiger partial charge on any atom is 0.234 e. The fourth-order valence-electron chi connectivity index (χ4n) is 3.91. The summed E-state index contributed by atoms with van der Waals surface area (Å²) in [6.07, 6.45) is 9.41. The van der Waals surface area contributed by atoms with Crippen LogP contribution < -0.4 is 5.32 Å². The van der Waals surface area contributed by atoms with Gasteiger partial charge in [0.2, 0.25) is 5.91 Å². The quantitative estimate of drug-likeness (QED) is 0.843. The number of carbonyl (C=O) groups is 1. The maximum atomic E-state index is 12.4. The van der Waals surface area contributed by atoms with Crippen LogP contribution in [0.1, 0.15) is 50.1 Å². The standard InChI is InChI=1S/C17H26N4O/c22-16(19-17(12-3-4-12)13-5-6-13)11-21-9-1-2-14(10-21)15-7-8-18-20-15/h7-8,12-14,17H,1-6,9-11H2,(H,18,20)(H,19,22)/t14-/m0/s1. The second-order valence-electron chi connectivity index (χ2n) is 7.35. The van der Waals surface area contributed by atoms with E-state index in [0.29, 0.717) is 18.5 Å². The molecule has 1 atom stereocenters. The molecule has 3 fully saturated rings. The first-order valence-corrected chi connectivity index (χ1v) is 8.80. The van der Waals surface area contributed by atoms with Gasteiger partial charge in [-0.1, -0.05) is 0 Å². The van der Waals surface area contributed by atoms with Crippen LogP contribution in [0.5, 0.6) is 0 Å². The van der Waals surface area contributed by atoms with Crippen molar-refractivity contribution < 1.29 is 4.79 Å². The Balaban J connectivity index is 1.29. The van der Waals surface area contributed by atoms with Gasteiger partial charge in [0.25, 0.3) is 0 Å². The molecule has 1 aromatic heterocycles. The van der Waals surface area contributed by atoms with Gasteiger partial charge in [0, 0.05) is 30.4 Å². The molecule has 1 aromatic rings. The topological polar surface area (TPSA) is 61.0 Å². The lowest BCUT2D eigenvalue weighted by atomic mass is 9.95. The highest BCUT2D eigenvalue weighted by Gasteiger charge is 2.42. The molecule has 0 aromatic carbocycles. The van der Waals surface area contributed by atoms with Crippen LogP contribution in [0.15, 0.2) is 12.3 Å². The summed E-state index contributed by atoms with van der Waals surface area (Å²) in [6, 6.07) is 2.53. The number of aromatic nitrogens is 2. The van der Waals surface area contributed by atoms with E-state index in [-0.39, 0.29) is 5.91 Å². The van der Waals surface area contributed by atoms with Crippen molar-refractivity contribution in [3.8, 4) is 0 Å². The zero-order valence-electron chi connectivity index (χ0n) is 13.1. The summed E-state index contributed by atoms with van der Waals surface area (Å²) in [5, 5.41) is 10.5. The minimum Gasteiger partial charge on any atom is -0.352 e. The summed E-state index contributed by atoms with van der Waals surface area (Å²) in [4.78, 5) is 14.7. The number of likely N-dealkylation sites (tertiary alicyclic amines) is 1. The molecular formula is C17H26N4O. The minimum absolute atomic E-state index is 0.231. The van der Waals surface area contributed by atoms with Crippen molar-refractivity contribution in [3.05, 3.63) is 18.0 Å². The van der Waals surface area contributed by atoms with Crippen LogP contribution in [0.3, 0.4) is 0 Å². The van der Waals surface area contributed by atoms with E-state index in [1.807, 2.05) is 6.20 Å². The third kappa shape index (κ3) is 3.35. The molecule has 4 rings (SSSR count). The molecule has 0 unspecified atom stereocenters. The minimum atomic E-state index is 0.231. The molecule has 120 valence electrons. The summed E-state index contributed by atoms with van der Waals surface area (Å²) in [6.45, 7) is 2.56. The van der Waals surface area contributed by atoms with E-state index in [1.165, 1.54) is 37.8 Å². The van der Waals surface area contributed by atoms with Crippen molar-refractivity contribution in [2.75, 3.05) is 19.6 Å². The highest BCUT2D eigenvalue weighted by atomic mass is 16.2. The number of carbonyl (C=O) groups excluding carboxylic acids is 1. The first kappa shape index (κ1) is 14.2. The third-order valence-electron chi connectivity index (χ3n) is 5.42. The Kier molecular flexibility index (Phi) is 3.90. The van der Waals surface area contributed by atoms with E-state index in [0.717, 1.165) is 31.3 Å². The number of rotatable bonds is 6. The van der Waals surface area contributed by atoms with E-state index in [1.54, 1.807) is 0 Å². The van der Waals surface area contributed by atoms with Crippen molar-refractivity contribution in [1.82, 2.24) is 20.4 Å². The average molecular weight is 302 g/mol. The van der Waals surface area contributed by atoms with Crippen molar-refractivity contribution >= 4 is 5.91 Å². The Morgan fingerprint density at radius 1 is 1.32 bits per heavy atom. The lowest BCUT2D eigenvalue weighted by Gasteiger charge is -2.32. The normalized spacial score (nSPS) is 26.3. The van der Waals surface area contributed by atoms with Crippen LogP contribution >= 0.6 is 0 Å². The van der Waals surface area contributed by atoms with Gasteiger partial charge < -0.3 is 5.32 Å². The summed E-state index contributed by atoms with van der Waals surface area (Å²) < 4.78 is 0. The molecule has 2 aliphatic carbocycles. The molecule has 3 aliphatic rings. The first-order chi connectivity index (χ1) is 10.8. The molecule has 0 spiro atoms. The number of nitrogens with one attached hydrogen (secondary N) is 2. The monoisotopic (exact) mass is 302 g/mol. The number of hydrogen-bond acceptors (Lipinski definition) is 3. The van der Waals surface area contributed by atoms with Crippen LogP contribution in [0.4, 0.5) is 0 Å². The number of aromatic amines is 1. The van der Waals surface area contributed by atoms with Gasteiger partial charge in [0.05, 0.1) is 6.54 Å². The molecule has 0 radical (unpaired) electrons. The molecule has 2 N–H and O–H groups in total. The zero-order chi connectivity index (χ0) is 14.9. The highest BCUT2D eigenvalue weighted by molar-refractivity contribution is 5.78. The highest BCUT2D eigenvalue weighted by Crippen LogP contribution is 2.44. The van der Waals surface area contributed by atoms with Crippen LogP contribution in [-0.2, 0) is 4.79 Å². The van der Waals surface area contributed by atoms with E-state index in [4.69, 9.17) is 0 Å². The molecule has 0 bridgehead atoms. The second-order valence-corrected chi connectivity index (χ2v) is 7.35. The largest absolute Gasteiger partial charge is 0.352 e. The number of piperidine rings is 1. The van der Waals surface area contributed by atoms with Crippen LogP contribution in [0.25, 0.3) is 0 Å². The predicted octanol–water partition coefficient (Wildman–Crippen LogP) is 1.89. The summed E-state index contributed by atoms with van der Waals surface area (Å²) >= 11 is 0. The molecule has 2 heterocycles. The maximum absolute atomic E-state index is 12.4. The molecule has 5 heteroatoms. The van der Waals surface area contributed by atoms with Crippen molar-refractivity contribution in [3.63, 3.8) is 0 Å². The first-order valence-electron chi connectivity index (χ1n) is 8.80. The van der Waals surface area contributed by atoms with Gasteiger partial charge >= 0.3 is 0 Å². The molecule has 1 amide bonds. The van der Waals surface area contributed by atoms with E-state index in [9.17, 15) is 4.79 Å². The smallest absolute Gasteiger partial charge is 0.234 e. The van der Waals surface area contributed by atoms with Gasteiger partial charge in [-0.2, -0.15) is 5.10 Å². The van der Waals surface area contributed by atoms with Crippen molar-refractivity contribution in [2.24, 2.45) is 11.8 Å². The predicted molar refractivity (Wildman–Crippen MR) is 84.4 cm³/mol. The number of H-pyrrole nitrogens is 1. The fourth-order valence-corrected chi connectivity index (χ4v) is 3.91. The van der Waals surface area contributed by atoms with E-state index >= 15 is 0 Å². The average Bonchev–Trinajstić information content (AvgIpc) is 3.45. The van der Waals surface area contributed by atoms with Gasteiger partial charge in [-0.15, -0.1) is 0 Å². The Hall–Kier alpha value is -1.36. The summed E-state index contributed by atoms with van der Waals surface area (Å²) in [7, 11) is 0. The lowest BCUT2D eigenvalue weighted by Crippen LogP contribution is -2.46. The van der Waals surface area contributed by atoms with Crippen molar-refractivity contribution in [2.45, 2.75) is 50.5 Å². The molecular weight excluding hydrogens is 276 g/mol. The second kappa shape index (κ2) is 6.03. The van der Waals surface area contributed by atoms with Crippen LogP contribution in [0.2, 0.25) is 0 Å². The SMILES string of the molecule is O=C(CN1CCC[C@H](c2ccn[nH]2)C1)NC(C1CC1)C1CC1. The third-order valence-corrected chi connectivity index (χ3v) is 5.42. The van der Waals surface area contributed by atoms with Gasteiger partial charge in [0.1, 0.15) is 0 Å². The summed E-state index contributed by atoms with van der Waals surface area (Å²) in [5.41, 5.74) is 1.21. The van der Waals surface area contributed by atoms with Gasteiger partial charge in [-0.25, -0.2) is 0 Å². The van der Waals surface area contributed by atoms with Gasteiger partial charge in [-0.3, -0.25) is 14.8 Å². The molecule has 2 saturated carbocycles. The lowest BCUT2D eigenvalue weighted by molar-refractivity contribution is -0.123. The van der Waals surface area contributed by atoms with Crippen molar-refractivity contribution in [1.29, 1.82) is 0 Å². The number of hydrogen-bond donors (Lipinski definition) is 2. The van der Waals surface area contributed by atoms with E-state index in [2.05, 4.69) is 26.5 Å². The van der Waals surface area contributed by atoms with Gasteiger partial charge in [-0.05, 0) is 63.0 Å². The Bertz CT molecular complexity index is 495. The Labute approximate surface area is 131 Å². The molecule has 1 saturated heterocycles. The van der Waals surface area contributed by atoms with Gasteiger partial charge in [0.15, 0.2) is 0 Å². The number of amides is 1. The van der Waals surface area contributed by atoms with Crippen LogP contribution in [-0.4, -0.2) is 46.7 Å². The number of nitrogens with zero attached hydrogens (tertiary/aromatic N) is 2. The van der Waals surface area contributed by atoms with Crippen LogP contribution in [0, 0.1) is 11.8 Å². The Morgan fingerprint density at radius 2 is 2.09 bits per heavy atom. The van der Waals surface area contributed by atoms with E-state index < -0.39 is 0 Å². The fraction of sp³-hybridized carbons (Fsp3) is 0.765.